The fourth-order valence-electron chi connectivity index (χ4n) is 1.48. The van der Waals surface area contributed by atoms with E-state index in [-0.39, 0.29) is 11.7 Å². The lowest BCUT2D eigenvalue weighted by atomic mass is 10.1. The summed E-state index contributed by atoms with van der Waals surface area (Å²) in [4.78, 5) is 11.5. The van der Waals surface area contributed by atoms with Crippen LogP contribution in [0.4, 0.5) is 0 Å². The van der Waals surface area contributed by atoms with E-state index in [4.69, 9.17) is 0 Å². The van der Waals surface area contributed by atoms with E-state index in [0.29, 0.717) is 0 Å². The first kappa shape index (κ1) is 7.35. The minimum absolute atomic E-state index is 0.169. The Kier molecular flexibility index (Phi) is 1.61. The normalized spacial score (nSPS) is 22.9. The van der Waals surface area contributed by atoms with Crippen LogP contribution in [0.5, 0.6) is 0 Å². The van der Waals surface area contributed by atoms with Crippen LogP contribution in [0.25, 0.3) is 5.70 Å². The predicted octanol–water partition coefficient (Wildman–Crippen LogP) is 1.94. The number of rotatable bonds is 1. The van der Waals surface area contributed by atoms with Gasteiger partial charge in [0.25, 0.3) is 0 Å². The van der Waals surface area contributed by atoms with Gasteiger partial charge in [0, 0.05) is 18.3 Å². The second-order valence-electron chi connectivity index (χ2n) is 3.18. The monoisotopic (exact) mass is 161 g/mol. The molecule has 1 aliphatic rings. The number of nitrogens with zero attached hydrogens (tertiary/aromatic N) is 1. The topological polar surface area (TPSA) is 22.0 Å². The summed E-state index contributed by atoms with van der Waals surface area (Å²) >= 11 is 0. The third-order valence-electron chi connectivity index (χ3n) is 2.25. The van der Waals surface area contributed by atoms with Gasteiger partial charge in [-0.3, -0.25) is 4.79 Å². The van der Waals surface area contributed by atoms with Crippen molar-refractivity contribution in [3.8, 4) is 0 Å². The van der Waals surface area contributed by atoms with Crippen LogP contribution in [0.3, 0.4) is 0 Å². The van der Waals surface area contributed by atoms with Crippen molar-refractivity contribution < 1.29 is 4.79 Å². The predicted molar refractivity (Wildman–Crippen MR) is 47.5 cm³/mol. The van der Waals surface area contributed by atoms with Gasteiger partial charge in [0.05, 0.1) is 5.70 Å². The van der Waals surface area contributed by atoms with Crippen LogP contribution in [-0.2, 0) is 4.79 Å². The Labute approximate surface area is 71.5 Å². The van der Waals surface area contributed by atoms with Gasteiger partial charge in [-0.15, -0.1) is 0 Å². The number of hydrogen-bond acceptors (Lipinski definition) is 1. The van der Waals surface area contributed by atoms with Crippen molar-refractivity contribution in [1.82, 2.24) is 4.57 Å². The highest BCUT2D eigenvalue weighted by Crippen LogP contribution is 2.23. The maximum absolute atomic E-state index is 11.5. The van der Waals surface area contributed by atoms with Gasteiger partial charge in [-0.25, -0.2) is 0 Å². The van der Waals surface area contributed by atoms with Gasteiger partial charge in [0.2, 0.25) is 0 Å². The maximum atomic E-state index is 11.5. The molecule has 2 heteroatoms. The Hall–Kier alpha value is -1.31. The molecule has 0 aromatic carbocycles. The van der Waals surface area contributed by atoms with Gasteiger partial charge in [-0.2, -0.15) is 0 Å². The molecule has 1 aliphatic carbocycles. The standard InChI is InChI=1S/C10H11NO/c1-8-4-5-9(10(8)12)11-6-2-3-7-11/h2-3,5-8H,4H2,1H3. The average molecular weight is 161 g/mol. The number of hydrogen-bond donors (Lipinski definition) is 0. The molecule has 0 spiro atoms. The Morgan fingerprint density at radius 1 is 1.42 bits per heavy atom. The van der Waals surface area contributed by atoms with Gasteiger partial charge in [0.15, 0.2) is 5.78 Å². The van der Waals surface area contributed by atoms with Crippen LogP contribution in [0, 0.1) is 5.92 Å². The summed E-state index contributed by atoms with van der Waals surface area (Å²) in [6.45, 7) is 1.97. The summed E-state index contributed by atoms with van der Waals surface area (Å²) < 4.78 is 1.88. The summed E-state index contributed by atoms with van der Waals surface area (Å²) in [6, 6.07) is 3.86. The van der Waals surface area contributed by atoms with Crippen molar-refractivity contribution in [2.24, 2.45) is 5.92 Å². The van der Waals surface area contributed by atoms with Crippen molar-refractivity contribution in [2.75, 3.05) is 0 Å². The van der Waals surface area contributed by atoms with E-state index in [2.05, 4.69) is 0 Å². The van der Waals surface area contributed by atoms with Gasteiger partial charge in [-0.1, -0.05) is 13.0 Å². The lowest BCUT2D eigenvalue weighted by Gasteiger charge is -2.03. The third-order valence-corrected chi connectivity index (χ3v) is 2.25. The molecule has 2 nitrogen and oxygen atoms in total. The molecule has 0 radical (unpaired) electrons. The maximum Gasteiger partial charge on any atom is 0.182 e. The van der Waals surface area contributed by atoms with Gasteiger partial charge >= 0.3 is 0 Å². The van der Waals surface area contributed by atoms with Crippen molar-refractivity contribution in [3.05, 3.63) is 30.6 Å². The fourth-order valence-corrected chi connectivity index (χ4v) is 1.48. The lowest BCUT2D eigenvalue weighted by molar-refractivity contribution is -0.116. The Morgan fingerprint density at radius 3 is 2.58 bits per heavy atom. The van der Waals surface area contributed by atoms with E-state index in [1.807, 2.05) is 42.1 Å². The zero-order chi connectivity index (χ0) is 8.55. The molecule has 0 saturated carbocycles. The average Bonchev–Trinajstić information content (AvgIpc) is 2.64. The molecule has 1 unspecified atom stereocenters. The Balaban J connectivity index is 2.33. The molecule has 1 aromatic rings. The minimum atomic E-state index is 0.169. The first-order valence-electron chi connectivity index (χ1n) is 4.17. The van der Waals surface area contributed by atoms with E-state index in [1.165, 1.54) is 0 Å². The van der Waals surface area contributed by atoms with Crippen LogP contribution in [0.15, 0.2) is 30.6 Å². The smallest absolute Gasteiger partial charge is 0.182 e. The summed E-state index contributed by atoms with van der Waals surface area (Å²) in [6.07, 6.45) is 6.70. The number of Topliss-reactive ketones (excluding diaryl/α,β-unsaturated/α-hetero) is 1. The molecule has 0 fully saturated rings. The first-order chi connectivity index (χ1) is 5.79. The molecular formula is C10H11NO. The molecule has 0 N–H and O–H groups in total. The zero-order valence-electron chi connectivity index (χ0n) is 7.03. The van der Waals surface area contributed by atoms with Crippen molar-refractivity contribution in [1.29, 1.82) is 0 Å². The summed E-state index contributed by atoms with van der Waals surface area (Å²) in [7, 11) is 0. The van der Waals surface area contributed by atoms with E-state index in [0.717, 1.165) is 12.1 Å². The van der Waals surface area contributed by atoms with Gasteiger partial charge < -0.3 is 4.57 Å². The number of aromatic nitrogens is 1. The van der Waals surface area contributed by atoms with E-state index in [9.17, 15) is 4.79 Å². The molecule has 12 heavy (non-hydrogen) atoms. The van der Waals surface area contributed by atoms with Crippen molar-refractivity contribution in [3.63, 3.8) is 0 Å². The minimum Gasteiger partial charge on any atom is -0.321 e. The highest BCUT2D eigenvalue weighted by molar-refractivity contribution is 6.18. The van der Waals surface area contributed by atoms with Crippen LogP contribution in [0.1, 0.15) is 13.3 Å². The second-order valence-corrected chi connectivity index (χ2v) is 3.18. The number of allylic oxidation sites excluding steroid dienone is 2. The molecule has 1 heterocycles. The van der Waals surface area contributed by atoms with Crippen LogP contribution in [0.2, 0.25) is 0 Å². The highest BCUT2D eigenvalue weighted by atomic mass is 16.1. The lowest BCUT2D eigenvalue weighted by Crippen LogP contribution is -2.08. The van der Waals surface area contributed by atoms with E-state index < -0.39 is 0 Å². The number of carbonyl (C=O) groups excluding carboxylic acids is 1. The van der Waals surface area contributed by atoms with Crippen LogP contribution in [-0.4, -0.2) is 10.4 Å². The summed E-state index contributed by atoms with van der Waals surface area (Å²) in [5.74, 6) is 0.425. The molecule has 0 saturated heterocycles. The quantitative estimate of drug-likeness (QED) is 0.617. The highest BCUT2D eigenvalue weighted by Gasteiger charge is 2.23. The molecular weight excluding hydrogens is 150 g/mol. The van der Waals surface area contributed by atoms with E-state index in [1.54, 1.807) is 0 Å². The van der Waals surface area contributed by atoms with Crippen molar-refractivity contribution in [2.45, 2.75) is 13.3 Å². The second kappa shape index (κ2) is 2.63. The summed E-state index contributed by atoms with van der Waals surface area (Å²) in [5, 5.41) is 0. The SMILES string of the molecule is CC1CC=C(n2cccc2)C1=O. The largest absolute Gasteiger partial charge is 0.321 e. The Bertz CT molecular complexity index is 322. The summed E-state index contributed by atoms with van der Waals surface area (Å²) in [5.41, 5.74) is 0.826. The molecule has 0 aliphatic heterocycles. The number of ketones is 1. The molecule has 0 bridgehead atoms. The van der Waals surface area contributed by atoms with Crippen LogP contribution >= 0.6 is 0 Å². The zero-order valence-corrected chi connectivity index (χ0v) is 7.03. The molecule has 62 valence electrons. The molecule has 1 atom stereocenters. The Morgan fingerprint density at radius 2 is 2.08 bits per heavy atom. The van der Waals surface area contributed by atoms with Gasteiger partial charge in [-0.05, 0) is 18.6 Å². The first-order valence-corrected chi connectivity index (χ1v) is 4.17. The van der Waals surface area contributed by atoms with Crippen molar-refractivity contribution >= 4 is 11.5 Å². The molecule has 0 amide bonds. The molecule has 2 rings (SSSR count). The van der Waals surface area contributed by atoms with Crippen LogP contribution < -0.4 is 0 Å². The third kappa shape index (κ3) is 0.998. The van der Waals surface area contributed by atoms with E-state index >= 15 is 0 Å². The van der Waals surface area contributed by atoms with Gasteiger partial charge in [0.1, 0.15) is 0 Å². The number of carbonyl (C=O) groups is 1. The fraction of sp³-hybridized carbons (Fsp3) is 0.300. The molecule has 1 aromatic heterocycles.